The quantitative estimate of drug-likeness (QED) is 0.238. The Morgan fingerprint density at radius 3 is 2.57 bits per heavy atom. The number of nitrogens with zero attached hydrogens (tertiary/aromatic N) is 4. The van der Waals surface area contributed by atoms with Crippen molar-refractivity contribution in [1.29, 1.82) is 0 Å². The summed E-state index contributed by atoms with van der Waals surface area (Å²) < 4.78 is 21.6. The van der Waals surface area contributed by atoms with Gasteiger partial charge in [-0.2, -0.15) is 0 Å². The van der Waals surface area contributed by atoms with E-state index in [1.165, 1.54) is 44.5 Å². The minimum Gasteiger partial charge on any atom is -0.399 e. The van der Waals surface area contributed by atoms with Crippen LogP contribution in [-0.2, 0) is 24.7 Å². The Morgan fingerprint density at radius 2 is 1.83 bits per heavy atom. The fourth-order valence-corrected chi connectivity index (χ4v) is 7.16. The summed E-state index contributed by atoms with van der Waals surface area (Å²) in [6.45, 7) is 7.00. The number of carbonyl (C=O) groups is 2. The molecule has 2 aromatic heterocycles. The van der Waals surface area contributed by atoms with E-state index >= 15 is 0 Å². The first-order valence-electron chi connectivity index (χ1n) is 15.6. The number of carbonyl (C=O) groups excluding carboxylic acids is 2. The Labute approximate surface area is 270 Å². The third-order valence-corrected chi connectivity index (χ3v) is 9.70. The molecule has 0 radical (unpaired) electrons. The van der Waals surface area contributed by atoms with Crippen LogP contribution in [0.5, 0.6) is 5.06 Å². The number of hydrogen-bond donors (Lipinski definition) is 2. The van der Waals surface area contributed by atoms with Crippen LogP contribution in [0.2, 0.25) is 0 Å². The van der Waals surface area contributed by atoms with E-state index < -0.39 is 11.9 Å². The smallest absolute Gasteiger partial charge is 0.399 e. The molecule has 2 aromatic carbocycles. The van der Waals surface area contributed by atoms with Gasteiger partial charge in [0.2, 0.25) is 5.91 Å². The van der Waals surface area contributed by atoms with Crippen molar-refractivity contribution in [3.8, 4) is 16.3 Å². The Kier molecular flexibility index (Phi) is 9.18. The Bertz CT molecular complexity index is 1800. The molecule has 1 aliphatic heterocycles. The molecule has 0 bridgehead atoms. The number of likely N-dealkylation sites (N-methyl/N-ethyl adjacent to an activating group) is 2. The summed E-state index contributed by atoms with van der Waals surface area (Å²) in [5.74, 6) is -0.463. The fourth-order valence-electron chi connectivity index (χ4n) is 6.06. The molecule has 0 spiro atoms. The third kappa shape index (κ3) is 6.54. The minimum atomic E-state index is -0.784. The van der Waals surface area contributed by atoms with Gasteiger partial charge in [0.1, 0.15) is 11.9 Å². The highest BCUT2D eigenvalue weighted by Crippen LogP contribution is 2.35. The summed E-state index contributed by atoms with van der Waals surface area (Å²) in [5, 5.41) is 6.09. The number of piperazine rings is 1. The van der Waals surface area contributed by atoms with Crippen molar-refractivity contribution in [2.75, 3.05) is 36.8 Å². The maximum atomic E-state index is 14.8. The van der Waals surface area contributed by atoms with E-state index in [4.69, 9.17) is 4.74 Å². The molecule has 1 saturated heterocycles. The highest BCUT2D eigenvalue weighted by atomic mass is 32.1. The van der Waals surface area contributed by atoms with Crippen LogP contribution in [0.4, 0.5) is 26.4 Å². The predicted octanol–water partition coefficient (Wildman–Crippen LogP) is 6.11. The van der Waals surface area contributed by atoms with E-state index in [0.29, 0.717) is 28.6 Å². The lowest BCUT2D eigenvalue weighted by molar-refractivity contribution is -0.141. The molecule has 46 heavy (non-hydrogen) atoms. The molecule has 240 valence electrons. The van der Waals surface area contributed by atoms with Crippen molar-refractivity contribution >= 4 is 40.5 Å². The van der Waals surface area contributed by atoms with Gasteiger partial charge < -0.3 is 19.5 Å². The number of anilines is 3. The van der Waals surface area contributed by atoms with Gasteiger partial charge >= 0.3 is 6.09 Å². The fraction of sp³-hybridized carbons (Fsp3) is 0.353. The average Bonchev–Trinajstić information content (AvgIpc) is 3.46. The van der Waals surface area contributed by atoms with Crippen LogP contribution in [-0.4, -0.2) is 57.5 Å². The summed E-state index contributed by atoms with van der Waals surface area (Å²) in [6, 6.07) is 13.2. The van der Waals surface area contributed by atoms with Crippen LogP contribution in [0, 0.1) is 5.82 Å². The highest BCUT2D eigenvalue weighted by Gasteiger charge is 2.34. The molecular weight excluding hydrogens is 607 g/mol. The van der Waals surface area contributed by atoms with Gasteiger partial charge in [0.05, 0.1) is 11.4 Å². The lowest BCUT2D eigenvalue weighted by Crippen LogP contribution is -2.51. The maximum absolute atomic E-state index is 14.8. The molecule has 12 heteroatoms. The van der Waals surface area contributed by atoms with E-state index in [9.17, 15) is 18.8 Å². The van der Waals surface area contributed by atoms with Crippen LogP contribution in [0.3, 0.4) is 0 Å². The molecule has 2 amide bonds. The number of aromatic nitrogens is 2. The molecule has 2 aliphatic rings. The van der Waals surface area contributed by atoms with Gasteiger partial charge in [0.15, 0.2) is 10.9 Å². The minimum absolute atomic E-state index is 0.0652. The molecule has 1 atom stereocenters. The molecular formula is C34H37FN6O4S. The van der Waals surface area contributed by atoms with Crippen molar-refractivity contribution in [2.24, 2.45) is 7.05 Å². The first kappa shape index (κ1) is 31.4. The molecule has 10 nitrogen and oxygen atoms in total. The van der Waals surface area contributed by atoms with Crippen molar-refractivity contribution in [1.82, 2.24) is 19.4 Å². The van der Waals surface area contributed by atoms with E-state index in [1.807, 2.05) is 42.2 Å². The summed E-state index contributed by atoms with van der Waals surface area (Å²) >= 11 is 1.45. The van der Waals surface area contributed by atoms with Gasteiger partial charge in [0.25, 0.3) is 5.56 Å². The van der Waals surface area contributed by atoms with Gasteiger partial charge in [-0.05, 0) is 86.7 Å². The van der Waals surface area contributed by atoms with Gasteiger partial charge in [-0.1, -0.05) is 19.1 Å². The first-order valence-corrected chi connectivity index (χ1v) is 16.4. The zero-order chi connectivity index (χ0) is 32.4. The number of ether oxygens (including phenoxy) is 1. The normalized spacial score (nSPS) is 16.7. The van der Waals surface area contributed by atoms with Gasteiger partial charge in [0, 0.05) is 49.0 Å². The van der Waals surface area contributed by atoms with E-state index in [-0.39, 0.29) is 29.0 Å². The third-order valence-electron chi connectivity index (χ3n) is 8.58. The molecule has 0 saturated carbocycles. The molecule has 2 N–H and O–H groups in total. The molecule has 1 fully saturated rings. The predicted molar refractivity (Wildman–Crippen MR) is 177 cm³/mol. The largest absolute Gasteiger partial charge is 0.417 e. The van der Waals surface area contributed by atoms with Crippen molar-refractivity contribution in [3.63, 3.8) is 0 Å². The van der Waals surface area contributed by atoms with Crippen molar-refractivity contribution in [2.45, 2.75) is 45.6 Å². The second kappa shape index (κ2) is 13.4. The van der Waals surface area contributed by atoms with Crippen LogP contribution in [0.15, 0.2) is 59.5 Å². The van der Waals surface area contributed by atoms with E-state index in [2.05, 4.69) is 27.4 Å². The molecule has 1 aliphatic carbocycles. The number of hydrogen-bond acceptors (Lipinski definition) is 8. The zero-order valence-corrected chi connectivity index (χ0v) is 27.0. The summed E-state index contributed by atoms with van der Waals surface area (Å²) in [7, 11) is 1.61. The van der Waals surface area contributed by atoms with Gasteiger partial charge in [-0.3, -0.25) is 19.8 Å². The summed E-state index contributed by atoms with van der Waals surface area (Å²) in [4.78, 5) is 48.7. The topological polar surface area (TPSA) is 109 Å². The SMILES string of the molecule is CCN1CCN(CC)C(c2ccc(Nc3nc(-c4ccc(F)c(NC(=O)Oc5cc6c(s5)CCCC6)c4)cn(C)c3=O)cc2)C1=O. The Morgan fingerprint density at radius 1 is 1.04 bits per heavy atom. The van der Waals surface area contributed by atoms with Crippen molar-refractivity contribution in [3.05, 3.63) is 86.9 Å². The number of fused-ring (bicyclic) bond motifs is 1. The average molecular weight is 645 g/mol. The number of rotatable bonds is 8. The van der Waals surface area contributed by atoms with Crippen LogP contribution in [0.25, 0.3) is 11.3 Å². The first-order chi connectivity index (χ1) is 22.2. The van der Waals surface area contributed by atoms with Crippen LogP contribution >= 0.6 is 11.3 Å². The molecule has 6 rings (SSSR count). The monoisotopic (exact) mass is 644 g/mol. The number of halogens is 1. The maximum Gasteiger partial charge on any atom is 0.417 e. The molecule has 1 unspecified atom stereocenters. The molecule has 4 aromatic rings. The number of benzene rings is 2. The lowest BCUT2D eigenvalue weighted by atomic mass is 10.00. The summed E-state index contributed by atoms with van der Waals surface area (Å²) in [6.07, 6.45) is 4.96. The van der Waals surface area contributed by atoms with Crippen molar-refractivity contribution < 1.29 is 18.7 Å². The second-order valence-corrected chi connectivity index (χ2v) is 12.6. The Hall–Kier alpha value is -4.55. The second-order valence-electron chi connectivity index (χ2n) is 11.5. The van der Waals surface area contributed by atoms with Gasteiger partial charge in [-0.25, -0.2) is 14.2 Å². The van der Waals surface area contributed by atoms with Crippen LogP contribution in [0.1, 0.15) is 48.7 Å². The summed E-state index contributed by atoms with van der Waals surface area (Å²) in [5.41, 5.74) is 3.19. The van der Waals surface area contributed by atoms with E-state index in [0.717, 1.165) is 50.9 Å². The lowest BCUT2D eigenvalue weighted by Gasteiger charge is -2.40. The highest BCUT2D eigenvalue weighted by molar-refractivity contribution is 7.14. The number of nitrogens with one attached hydrogen (secondary N) is 2. The zero-order valence-electron chi connectivity index (χ0n) is 26.1. The number of amides is 2. The molecule has 3 heterocycles. The standard InChI is InChI=1S/C34H37FN6O4S/c1-4-40-16-17-41(5-2)32(42)30(40)21-10-13-24(14-11-21)36-31-33(43)39(3)20-27(37-31)22-12-15-25(35)26(18-22)38-34(44)45-29-19-23-8-6-7-9-28(23)46-29/h10-15,18-20,30H,4-9,16-17H2,1-3H3,(H,36,37)(H,38,44). The van der Waals surface area contributed by atoms with Gasteiger partial charge in [-0.15, -0.1) is 11.3 Å². The van der Waals surface area contributed by atoms with E-state index in [1.54, 1.807) is 13.2 Å². The number of thiophene rings is 1. The van der Waals surface area contributed by atoms with Crippen LogP contribution < -0.4 is 20.9 Å². The number of aryl methyl sites for hydroxylation is 3. The Balaban J connectivity index is 1.19.